The van der Waals surface area contributed by atoms with Gasteiger partial charge in [0.15, 0.2) is 0 Å². The number of nitrogens with zero attached hydrogens (tertiary/aromatic N) is 3. The van der Waals surface area contributed by atoms with E-state index in [-0.39, 0.29) is 11.7 Å². The molecular formula is C22H25FN4O2S. The number of hydrogen-bond acceptors (Lipinski definition) is 6. The molecule has 1 saturated heterocycles. The van der Waals surface area contributed by atoms with Crippen molar-refractivity contribution in [3.63, 3.8) is 0 Å². The molecule has 30 heavy (non-hydrogen) atoms. The molecule has 4 rings (SSSR count). The number of aromatic nitrogens is 1. The molecule has 1 amide bonds. The number of carbonyl (C=O) groups is 1. The van der Waals surface area contributed by atoms with Gasteiger partial charge in [-0.1, -0.05) is 0 Å². The van der Waals surface area contributed by atoms with Crippen LogP contribution in [0.15, 0.2) is 42.5 Å². The third kappa shape index (κ3) is 5.33. The molecule has 3 aromatic rings. The first-order valence-electron chi connectivity index (χ1n) is 10.0. The molecule has 2 heterocycles. The number of nitrogens with one attached hydrogen (secondary N) is 1. The van der Waals surface area contributed by atoms with Gasteiger partial charge in [-0.3, -0.25) is 14.6 Å². The van der Waals surface area contributed by atoms with Crippen LogP contribution in [-0.4, -0.2) is 60.5 Å². The van der Waals surface area contributed by atoms with Crippen LogP contribution >= 0.6 is 11.3 Å². The number of ether oxygens (including phenoxy) is 1. The van der Waals surface area contributed by atoms with Gasteiger partial charge in [0.05, 0.1) is 30.4 Å². The zero-order valence-electron chi connectivity index (χ0n) is 16.9. The summed E-state index contributed by atoms with van der Waals surface area (Å²) >= 11 is 1.55. The Morgan fingerprint density at radius 3 is 2.70 bits per heavy atom. The van der Waals surface area contributed by atoms with Gasteiger partial charge in [0.1, 0.15) is 16.6 Å². The van der Waals surface area contributed by atoms with E-state index in [1.54, 1.807) is 30.6 Å². The van der Waals surface area contributed by atoms with Crippen molar-refractivity contribution in [1.82, 2.24) is 14.8 Å². The van der Waals surface area contributed by atoms with Crippen LogP contribution in [0.2, 0.25) is 0 Å². The van der Waals surface area contributed by atoms with Crippen molar-refractivity contribution in [1.29, 1.82) is 0 Å². The summed E-state index contributed by atoms with van der Waals surface area (Å²) in [6.07, 6.45) is 0.995. The van der Waals surface area contributed by atoms with Gasteiger partial charge < -0.3 is 10.1 Å². The Bertz CT molecular complexity index is 1010. The number of carbonyl (C=O) groups excluding carboxylic acids is 1. The molecule has 1 N–H and O–H groups in total. The van der Waals surface area contributed by atoms with Crippen molar-refractivity contribution < 1.29 is 13.9 Å². The quantitative estimate of drug-likeness (QED) is 0.650. The number of rotatable bonds is 6. The average Bonchev–Trinajstić information content (AvgIpc) is 3.00. The molecule has 1 fully saturated rings. The van der Waals surface area contributed by atoms with Crippen molar-refractivity contribution in [2.75, 3.05) is 45.2 Å². The Balaban J connectivity index is 1.28. The maximum absolute atomic E-state index is 13.4. The molecule has 1 aromatic heterocycles. The lowest BCUT2D eigenvalue weighted by atomic mass is 10.3. The maximum atomic E-state index is 13.4. The molecular weight excluding hydrogens is 403 g/mol. The van der Waals surface area contributed by atoms with Crippen LogP contribution in [0.3, 0.4) is 0 Å². The molecule has 2 aromatic carbocycles. The fourth-order valence-corrected chi connectivity index (χ4v) is 4.66. The first kappa shape index (κ1) is 20.7. The van der Waals surface area contributed by atoms with Gasteiger partial charge >= 0.3 is 0 Å². The summed E-state index contributed by atoms with van der Waals surface area (Å²) in [6, 6.07) is 12.1. The monoisotopic (exact) mass is 428 g/mol. The summed E-state index contributed by atoms with van der Waals surface area (Å²) < 4.78 is 19.4. The molecule has 0 saturated carbocycles. The second-order valence-corrected chi connectivity index (χ2v) is 8.52. The van der Waals surface area contributed by atoms with Crippen LogP contribution in [0.1, 0.15) is 11.4 Å². The Hall–Kier alpha value is -2.55. The lowest BCUT2D eigenvalue weighted by Gasteiger charge is -2.20. The van der Waals surface area contributed by atoms with Crippen LogP contribution in [0.5, 0.6) is 5.75 Å². The van der Waals surface area contributed by atoms with E-state index in [9.17, 15) is 9.18 Å². The number of halogens is 1. The second-order valence-electron chi connectivity index (χ2n) is 7.40. The summed E-state index contributed by atoms with van der Waals surface area (Å²) in [6.45, 7) is 4.68. The van der Waals surface area contributed by atoms with E-state index in [2.05, 4.69) is 20.1 Å². The summed E-state index contributed by atoms with van der Waals surface area (Å²) in [4.78, 5) is 21.6. The van der Waals surface area contributed by atoms with Gasteiger partial charge in [0, 0.05) is 18.8 Å². The van der Waals surface area contributed by atoms with E-state index in [0.29, 0.717) is 6.54 Å². The van der Waals surface area contributed by atoms with Gasteiger partial charge in [-0.15, -0.1) is 11.3 Å². The summed E-state index contributed by atoms with van der Waals surface area (Å²) in [7, 11) is 1.62. The molecule has 158 valence electrons. The smallest absolute Gasteiger partial charge is 0.238 e. The molecule has 1 aliphatic rings. The third-order valence-corrected chi connectivity index (χ3v) is 6.18. The van der Waals surface area contributed by atoms with E-state index in [1.165, 1.54) is 6.07 Å². The number of anilines is 1. The molecule has 0 aliphatic carbocycles. The van der Waals surface area contributed by atoms with Crippen LogP contribution in [0, 0.1) is 5.82 Å². The maximum Gasteiger partial charge on any atom is 0.238 e. The minimum atomic E-state index is -0.226. The summed E-state index contributed by atoms with van der Waals surface area (Å²) in [5.74, 6) is 0.525. The number of fused-ring (bicyclic) bond motifs is 1. The highest BCUT2D eigenvalue weighted by molar-refractivity contribution is 7.18. The first-order valence-corrected chi connectivity index (χ1v) is 10.8. The van der Waals surface area contributed by atoms with E-state index < -0.39 is 0 Å². The van der Waals surface area contributed by atoms with Crippen molar-refractivity contribution in [2.24, 2.45) is 0 Å². The Morgan fingerprint density at radius 2 is 1.90 bits per heavy atom. The highest BCUT2D eigenvalue weighted by Crippen LogP contribution is 2.24. The predicted octanol–water partition coefficient (Wildman–Crippen LogP) is 3.59. The van der Waals surface area contributed by atoms with Crippen molar-refractivity contribution in [2.45, 2.75) is 13.0 Å². The molecule has 0 radical (unpaired) electrons. The fraction of sp³-hybridized carbons (Fsp3) is 0.364. The Morgan fingerprint density at radius 1 is 1.13 bits per heavy atom. The van der Waals surface area contributed by atoms with E-state index in [0.717, 1.165) is 65.8 Å². The molecule has 1 aliphatic heterocycles. The summed E-state index contributed by atoms with van der Waals surface area (Å²) in [5.41, 5.74) is 1.62. The SMILES string of the molecule is COc1ccc(NC(=O)CN2CCCN(Cc3nc4ccc(F)cc4s3)CC2)cc1. The van der Waals surface area contributed by atoms with Crippen LogP contribution in [0.25, 0.3) is 10.2 Å². The largest absolute Gasteiger partial charge is 0.497 e. The highest BCUT2D eigenvalue weighted by Gasteiger charge is 2.18. The number of methoxy groups -OCH3 is 1. The van der Waals surface area contributed by atoms with Gasteiger partial charge in [0.2, 0.25) is 5.91 Å². The number of thiazole rings is 1. The van der Waals surface area contributed by atoms with Gasteiger partial charge in [-0.25, -0.2) is 9.37 Å². The van der Waals surface area contributed by atoms with E-state index in [4.69, 9.17) is 4.74 Å². The molecule has 0 bridgehead atoms. The van der Waals surface area contributed by atoms with Gasteiger partial charge in [-0.2, -0.15) is 0 Å². The average molecular weight is 429 g/mol. The third-order valence-electron chi connectivity index (χ3n) is 5.18. The van der Waals surface area contributed by atoms with Crippen LogP contribution in [0.4, 0.5) is 10.1 Å². The lowest BCUT2D eigenvalue weighted by molar-refractivity contribution is -0.117. The molecule has 0 unspecified atom stereocenters. The Labute approximate surface area is 179 Å². The number of hydrogen-bond donors (Lipinski definition) is 1. The zero-order chi connectivity index (χ0) is 20.9. The van der Waals surface area contributed by atoms with Crippen molar-refractivity contribution in [3.05, 3.63) is 53.3 Å². The Kier molecular flexibility index (Phi) is 6.56. The van der Waals surface area contributed by atoms with Gasteiger partial charge in [-0.05, 0) is 62.0 Å². The van der Waals surface area contributed by atoms with Gasteiger partial charge in [0.25, 0.3) is 0 Å². The number of amides is 1. The van der Waals surface area contributed by atoms with E-state index >= 15 is 0 Å². The molecule has 6 nitrogen and oxygen atoms in total. The summed E-state index contributed by atoms with van der Waals surface area (Å²) in [5, 5.41) is 3.94. The number of benzene rings is 2. The van der Waals surface area contributed by atoms with Crippen LogP contribution < -0.4 is 10.1 Å². The minimum absolute atomic E-state index is 0.0122. The topological polar surface area (TPSA) is 57.7 Å². The molecule has 0 atom stereocenters. The van der Waals surface area contributed by atoms with Crippen LogP contribution in [-0.2, 0) is 11.3 Å². The van der Waals surface area contributed by atoms with Crippen molar-refractivity contribution in [3.8, 4) is 5.75 Å². The molecule has 0 spiro atoms. The minimum Gasteiger partial charge on any atom is -0.497 e. The lowest BCUT2D eigenvalue weighted by Crippen LogP contribution is -2.36. The zero-order valence-corrected chi connectivity index (χ0v) is 17.8. The normalized spacial score (nSPS) is 15.8. The van der Waals surface area contributed by atoms with Crippen molar-refractivity contribution >= 4 is 33.1 Å². The van der Waals surface area contributed by atoms with E-state index in [1.807, 2.05) is 24.3 Å². The highest BCUT2D eigenvalue weighted by atomic mass is 32.1. The standard InChI is InChI=1S/C22H25FN4O2S/c1-29-18-6-4-17(5-7-18)24-21(28)14-26-9-2-10-27(12-11-26)15-22-25-19-8-3-16(23)13-20(19)30-22/h3-8,13H,2,9-12,14-15H2,1H3,(H,24,28). The second kappa shape index (κ2) is 9.51. The fourth-order valence-electron chi connectivity index (χ4n) is 3.62. The molecule has 8 heteroatoms. The predicted molar refractivity (Wildman–Crippen MR) is 118 cm³/mol. The first-order chi connectivity index (χ1) is 14.6.